The molecule has 0 aliphatic heterocycles. The van der Waals surface area contributed by atoms with Crippen LogP contribution in [0.15, 0.2) is 40.2 Å². The van der Waals surface area contributed by atoms with Crippen molar-refractivity contribution in [3.63, 3.8) is 0 Å². The minimum Gasteiger partial charge on any atom is -1.00 e. The molecule has 0 spiro atoms. The van der Waals surface area contributed by atoms with Crippen molar-refractivity contribution in [2.24, 2.45) is 0 Å². The first-order valence-corrected chi connectivity index (χ1v) is 11.3. The van der Waals surface area contributed by atoms with Crippen LogP contribution in [0.3, 0.4) is 0 Å². The number of hydrogen-bond donors (Lipinski definition) is 0. The first kappa shape index (κ1) is 18.5. The molecule has 3 rings (SSSR count). The molecule has 3 aliphatic carbocycles. The number of hydrogen-bond acceptors (Lipinski definition) is 0. The van der Waals surface area contributed by atoms with Crippen molar-refractivity contribution < 1.29 is 46.6 Å². The Bertz CT molecular complexity index is 406. The smallest absolute Gasteiger partial charge is 1.00 e. The van der Waals surface area contributed by atoms with Crippen LogP contribution in [0.5, 0.6) is 0 Å². The maximum absolute atomic E-state index is 2.63. The summed E-state index contributed by atoms with van der Waals surface area (Å²) in [6.45, 7) is 0. The Morgan fingerprint density at radius 2 is 1.35 bits per heavy atom. The molecule has 0 bridgehead atoms. The molecule has 0 saturated carbocycles. The van der Waals surface area contributed by atoms with Gasteiger partial charge in [-0.1, -0.05) is 0 Å². The van der Waals surface area contributed by atoms with E-state index < -0.39 is 21.8 Å². The van der Waals surface area contributed by atoms with E-state index in [1.54, 1.807) is 0 Å². The predicted molar refractivity (Wildman–Crippen MR) is 74.9 cm³/mol. The summed E-state index contributed by atoms with van der Waals surface area (Å²) in [6.07, 6.45) is 24.9. The molecular weight excluding hydrogens is 366 g/mol. The molecule has 0 aromatic rings. The van der Waals surface area contributed by atoms with Crippen LogP contribution < -0.4 is 24.8 Å². The van der Waals surface area contributed by atoms with Gasteiger partial charge in [0, 0.05) is 0 Å². The van der Waals surface area contributed by atoms with Gasteiger partial charge in [-0.3, -0.25) is 0 Å². The molecule has 0 nitrogen and oxygen atoms in total. The van der Waals surface area contributed by atoms with Gasteiger partial charge in [0.05, 0.1) is 0 Å². The Morgan fingerprint density at radius 1 is 0.750 bits per heavy atom. The van der Waals surface area contributed by atoms with Crippen molar-refractivity contribution in [3.05, 3.63) is 40.2 Å². The van der Waals surface area contributed by atoms with Gasteiger partial charge >= 0.3 is 120 Å². The van der Waals surface area contributed by atoms with Crippen molar-refractivity contribution >= 4 is 0 Å². The monoisotopic (exact) mass is 387 g/mol. The molecule has 0 heterocycles. The van der Waals surface area contributed by atoms with E-state index in [1.807, 2.05) is 9.84 Å². The van der Waals surface area contributed by atoms with Crippen molar-refractivity contribution in [2.45, 2.75) is 57.8 Å². The van der Waals surface area contributed by atoms with Crippen LogP contribution in [0, 0.1) is 0 Å². The Kier molecular flexibility index (Phi) is 8.72. The maximum Gasteiger partial charge on any atom is -1.00 e. The van der Waals surface area contributed by atoms with E-state index in [9.17, 15) is 0 Å². The first-order chi connectivity index (χ1) is 8.95. The zero-order valence-electron chi connectivity index (χ0n) is 12.0. The van der Waals surface area contributed by atoms with Crippen LogP contribution >= 0.6 is 0 Å². The molecule has 0 amide bonds. The van der Waals surface area contributed by atoms with Crippen LogP contribution in [0.4, 0.5) is 0 Å². The van der Waals surface area contributed by atoms with Gasteiger partial charge in [0.15, 0.2) is 0 Å². The van der Waals surface area contributed by atoms with Crippen LogP contribution in [0.2, 0.25) is 0 Å². The third kappa shape index (κ3) is 4.46. The van der Waals surface area contributed by atoms with Gasteiger partial charge in [0.25, 0.3) is 0 Å². The largest absolute Gasteiger partial charge is 1.00 e. The van der Waals surface area contributed by atoms with Gasteiger partial charge in [-0.25, -0.2) is 0 Å². The fourth-order valence-corrected chi connectivity index (χ4v) is 11.7. The first-order valence-electron chi connectivity index (χ1n) is 7.57. The Balaban J connectivity index is 0.000001000. The topological polar surface area (TPSA) is 0 Å². The van der Waals surface area contributed by atoms with Gasteiger partial charge in [-0.15, -0.1) is 0 Å². The summed E-state index contributed by atoms with van der Waals surface area (Å²) >= 11 is -1.59. The predicted octanol–water partition coefficient (Wildman–Crippen LogP) is -0.628. The zero-order valence-corrected chi connectivity index (χ0v) is 16.0. The van der Waals surface area contributed by atoms with Crippen LogP contribution in [0.1, 0.15) is 57.8 Å². The van der Waals surface area contributed by atoms with Crippen molar-refractivity contribution in [1.82, 2.24) is 0 Å². The van der Waals surface area contributed by atoms with Gasteiger partial charge in [0.1, 0.15) is 0 Å². The van der Waals surface area contributed by atoms with Crippen molar-refractivity contribution in [2.75, 3.05) is 0 Å². The van der Waals surface area contributed by atoms with E-state index >= 15 is 0 Å². The second-order valence-corrected chi connectivity index (χ2v) is 12.2. The minimum atomic E-state index is -1.59. The maximum atomic E-state index is 2.63. The van der Waals surface area contributed by atoms with Crippen LogP contribution in [0.25, 0.3) is 0 Å². The summed E-state index contributed by atoms with van der Waals surface area (Å²) in [5.74, 6) is 0. The van der Waals surface area contributed by atoms with Gasteiger partial charge < -0.3 is 24.8 Å². The molecule has 0 fully saturated rings. The zero-order chi connectivity index (χ0) is 12.2. The third-order valence-corrected chi connectivity index (χ3v) is 12.2. The average molecular weight is 390 g/mol. The molecule has 3 heteroatoms. The minimum absolute atomic E-state index is 0. The molecule has 3 aliphatic rings. The third-order valence-electron chi connectivity index (χ3n) is 4.32. The second kappa shape index (κ2) is 9.44. The summed E-state index contributed by atoms with van der Waals surface area (Å²) in [7, 11) is 0. The number of rotatable bonds is 3. The van der Waals surface area contributed by atoms with E-state index in [0.717, 1.165) is 0 Å². The van der Waals surface area contributed by atoms with Crippen LogP contribution in [-0.4, -0.2) is 0 Å². The normalized spacial score (nSPS) is 21.1. The quantitative estimate of drug-likeness (QED) is 0.603. The summed E-state index contributed by atoms with van der Waals surface area (Å²) in [6, 6.07) is 0. The van der Waals surface area contributed by atoms with E-state index in [2.05, 4.69) is 30.4 Å². The molecule has 0 aromatic carbocycles. The van der Waals surface area contributed by atoms with E-state index in [1.165, 1.54) is 57.8 Å². The molecule has 0 atom stereocenters. The SMILES string of the molecule is C1=CC[C]([Zr+2]([C]2=CCCCC2)[C]2=CCCCC2)=C1.[Cl-].[Cl-]. The summed E-state index contributed by atoms with van der Waals surface area (Å²) < 4.78 is 5.69. The molecule has 0 unspecified atom stereocenters. The van der Waals surface area contributed by atoms with Gasteiger partial charge in [-0.05, 0) is 0 Å². The standard InChI is InChI=1S/2C6H9.C5H5.2ClH.Zr/c2*1-2-4-6-5-3-1;1-2-4-5-3-1;;;/h2*1H,2,4-6H2;1-3H,4H2;2*1H;/q;;;;;+2/p-2. The average Bonchev–Trinajstić information content (AvgIpc) is 2.95. The second-order valence-electron chi connectivity index (χ2n) is 5.65. The molecule has 0 saturated heterocycles. The Labute approximate surface area is 144 Å². The van der Waals surface area contributed by atoms with E-state index in [-0.39, 0.29) is 24.8 Å². The van der Waals surface area contributed by atoms with Gasteiger partial charge in [0.2, 0.25) is 0 Å². The number of allylic oxidation sites excluding steroid dienone is 8. The fraction of sp³-hybridized carbons (Fsp3) is 0.529. The molecule has 0 N–H and O–H groups in total. The fourth-order valence-electron chi connectivity index (χ4n) is 3.38. The van der Waals surface area contributed by atoms with E-state index in [0.29, 0.717) is 0 Å². The molecule has 0 aromatic heterocycles. The molecule has 20 heavy (non-hydrogen) atoms. The van der Waals surface area contributed by atoms with Gasteiger partial charge in [-0.2, -0.15) is 0 Å². The summed E-state index contributed by atoms with van der Waals surface area (Å²) in [5.41, 5.74) is 0. The van der Waals surface area contributed by atoms with Crippen LogP contribution in [-0.2, 0) is 21.8 Å². The molecular formula is C17H23Cl2Zr. The molecule has 109 valence electrons. The summed E-state index contributed by atoms with van der Waals surface area (Å²) in [5, 5.41) is 0. The van der Waals surface area contributed by atoms with Crippen molar-refractivity contribution in [1.29, 1.82) is 0 Å². The van der Waals surface area contributed by atoms with E-state index in [4.69, 9.17) is 0 Å². The molecule has 0 radical (unpaired) electrons. The summed E-state index contributed by atoms with van der Waals surface area (Å²) in [4.78, 5) is 0. The Hall–Kier alpha value is 0.423. The van der Waals surface area contributed by atoms with Crippen molar-refractivity contribution in [3.8, 4) is 0 Å². The Morgan fingerprint density at radius 3 is 1.75 bits per heavy atom. The number of halogens is 2.